The standard InChI is InChI=1S/C14H22N2O6S/c1-13(2,3)22-12(19)16-8-14(9-16,6-11(17)18)15-10-4-5-23(20,21)7-10/h4-5,10,15H,6-9H2,1-3H3,(H,17,18). The molecule has 2 N–H and O–H groups in total. The van der Waals surface area contributed by atoms with Crippen LogP contribution in [-0.4, -0.2) is 66.5 Å². The first-order chi connectivity index (χ1) is 10.4. The summed E-state index contributed by atoms with van der Waals surface area (Å²) in [6.45, 7) is 5.59. The Morgan fingerprint density at radius 1 is 1.39 bits per heavy atom. The fraction of sp³-hybridized carbons (Fsp3) is 0.714. The SMILES string of the molecule is CC(C)(C)OC(=O)N1CC(CC(=O)O)(NC2C=CS(=O)(=O)C2)C1. The lowest BCUT2D eigenvalue weighted by molar-refractivity contribution is -0.141. The maximum Gasteiger partial charge on any atom is 0.410 e. The van der Waals surface area contributed by atoms with E-state index in [1.165, 1.54) is 11.0 Å². The molecule has 0 aromatic rings. The molecule has 9 heteroatoms. The summed E-state index contributed by atoms with van der Waals surface area (Å²) in [5.41, 5.74) is -1.46. The van der Waals surface area contributed by atoms with E-state index in [0.717, 1.165) is 5.41 Å². The average Bonchev–Trinajstić information content (AvgIpc) is 2.61. The molecule has 0 aliphatic carbocycles. The number of aliphatic carboxylic acids is 1. The fourth-order valence-electron chi connectivity index (χ4n) is 2.74. The maximum absolute atomic E-state index is 12.0. The summed E-state index contributed by atoms with van der Waals surface area (Å²) in [7, 11) is -3.23. The second-order valence-electron chi connectivity index (χ2n) is 7.10. The van der Waals surface area contributed by atoms with Crippen LogP contribution in [0.2, 0.25) is 0 Å². The van der Waals surface area contributed by atoms with Crippen molar-refractivity contribution in [2.24, 2.45) is 0 Å². The first kappa shape index (κ1) is 17.7. The Balaban J connectivity index is 1.99. The molecule has 130 valence electrons. The molecule has 2 aliphatic heterocycles. The van der Waals surface area contributed by atoms with Gasteiger partial charge in [-0.2, -0.15) is 0 Å². The van der Waals surface area contributed by atoms with Gasteiger partial charge in [0.1, 0.15) is 5.60 Å². The summed E-state index contributed by atoms with van der Waals surface area (Å²) in [5.74, 6) is -1.10. The molecule has 0 radical (unpaired) electrons. The van der Waals surface area contributed by atoms with Gasteiger partial charge in [0.2, 0.25) is 0 Å². The number of nitrogens with zero attached hydrogens (tertiary/aromatic N) is 1. The Morgan fingerprint density at radius 2 is 2.00 bits per heavy atom. The van der Waals surface area contributed by atoms with E-state index in [2.05, 4.69) is 5.32 Å². The van der Waals surface area contributed by atoms with Crippen LogP contribution in [0.15, 0.2) is 11.5 Å². The van der Waals surface area contributed by atoms with E-state index in [1.807, 2.05) is 0 Å². The van der Waals surface area contributed by atoms with Crippen molar-refractivity contribution in [2.45, 2.75) is 44.4 Å². The first-order valence-corrected chi connectivity index (χ1v) is 9.00. The van der Waals surface area contributed by atoms with E-state index < -0.39 is 39.1 Å². The molecular formula is C14H22N2O6S. The normalized spacial score (nSPS) is 25.0. The van der Waals surface area contributed by atoms with Gasteiger partial charge in [0.05, 0.1) is 17.7 Å². The number of amides is 1. The van der Waals surface area contributed by atoms with E-state index in [0.29, 0.717) is 0 Å². The van der Waals surface area contributed by atoms with Gasteiger partial charge >= 0.3 is 12.1 Å². The maximum atomic E-state index is 12.0. The van der Waals surface area contributed by atoms with Crippen molar-refractivity contribution in [3.63, 3.8) is 0 Å². The van der Waals surface area contributed by atoms with Gasteiger partial charge in [-0.15, -0.1) is 0 Å². The summed E-state index contributed by atoms with van der Waals surface area (Å²) in [6, 6.07) is -0.444. The Morgan fingerprint density at radius 3 is 2.43 bits per heavy atom. The van der Waals surface area contributed by atoms with Crippen LogP contribution >= 0.6 is 0 Å². The second-order valence-corrected chi connectivity index (χ2v) is 9.03. The molecule has 23 heavy (non-hydrogen) atoms. The number of rotatable bonds is 4. The number of carboxylic acids is 1. The number of carboxylic acid groups (broad SMARTS) is 1. The van der Waals surface area contributed by atoms with E-state index >= 15 is 0 Å². The smallest absolute Gasteiger partial charge is 0.410 e. The quantitative estimate of drug-likeness (QED) is 0.755. The van der Waals surface area contributed by atoms with E-state index in [1.54, 1.807) is 20.8 Å². The van der Waals surface area contributed by atoms with Gasteiger partial charge in [0, 0.05) is 24.5 Å². The Bertz CT molecular complexity index is 628. The zero-order chi connectivity index (χ0) is 17.5. The molecule has 1 unspecified atom stereocenters. The third-order valence-corrected chi connectivity index (χ3v) is 4.95. The molecule has 2 aliphatic rings. The fourth-order valence-corrected chi connectivity index (χ4v) is 3.98. The highest BCUT2D eigenvalue weighted by atomic mass is 32.2. The van der Waals surface area contributed by atoms with Crippen molar-refractivity contribution < 1.29 is 27.9 Å². The summed E-state index contributed by atoms with van der Waals surface area (Å²) >= 11 is 0. The van der Waals surface area contributed by atoms with Crippen molar-refractivity contribution in [2.75, 3.05) is 18.8 Å². The van der Waals surface area contributed by atoms with Gasteiger partial charge in [-0.1, -0.05) is 6.08 Å². The summed E-state index contributed by atoms with van der Waals surface area (Å²) in [6.07, 6.45) is 0.807. The van der Waals surface area contributed by atoms with Gasteiger partial charge in [0.25, 0.3) is 0 Å². The largest absolute Gasteiger partial charge is 0.481 e. The summed E-state index contributed by atoms with van der Waals surface area (Å²) < 4.78 is 28.2. The van der Waals surface area contributed by atoms with E-state index in [4.69, 9.17) is 9.84 Å². The summed E-state index contributed by atoms with van der Waals surface area (Å²) in [4.78, 5) is 24.5. The molecule has 1 atom stereocenters. The van der Waals surface area contributed by atoms with Crippen LogP contribution in [0.5, 0.6) is 0 Å². The van der Waals surface area contributed by atoms with Crippen LogP contribution in [0, 0.1) is 0 Å². The van der Waals surface area contributed by atoms with Crippen LogP contribution in [0.4, 0.5) is 4.79 Å². The van der Waals surface area contributed by atoms with Gasteiger partial charge in [0.15, 0.2) is 9.84 Å². The van der Waals surface area contributed by atoms with Gasteiger partial charge in [-0.05, 0) is 20.8 Å². The van der Waals surface area contributed by atoms with Crippen LogP contribution < -0.4 is 5.32 Å². The number of nitrogens with one attached hydrogen (secondary N) is 1. The third-order valence-electron chi connectivity index (χ3n) is 3.55. The molecule has 2 heterocycles. The van der Waals surface area contributed by atoms with Crippen LogP contribution in [0.25, 0.3) is 0 Å². The molecule has 0 spiro atoms. The van der Waals surface area contributed by atoms with Crippen molar-refractivity contribution in [3.8, 4) is 0 Å². The molecule has 0 saturated carbocycles. The number of sulfone groups is 1. The van der Waals surface area contributed by atoms with Crippen molar-refractivity contribution in [1.29, 1.82) is 0 Å². The Kier molecular flexibility index (Phi) is 4.46. The number of hydrogen-bond donors (Lipinski definition) is 2. The van der Waals surface area contributed by atoms with Gasteiger partial charge in [-0.25, -0.2) is 13.2 Å². The van der Waals surface area contributed by atoms with Crippen molar-refractivity contribution >= 4 is 21.9 Å². The van der Waals surface area contributed by atoms with E-state index in [9.17, 15) is 18.0 Å². The minimum absolute atomic E-state index is 0.0964. The topological polar surface area (TPSA) is 113 Å². The lowest BCUT2D eigenvalue weighted by atomic mass is 9.85. The number of carbonyl (C=O) groups excluding carboxylic acids is 1. The number of likely N-dealkylation sites (tertiary alicyclic amines) is 1. The molecule has 8 nitrogen and oxygen atoms in total. The highest BCUT2D eigenvalue weighted by Crippen LogP contribution is 2.28. The Labute approximate surface area is 135 Å². The predicted molar refractivity (Wildman–Crippen MR) is 82.6 cm³/mol. The van der Waals surface area contributed by atoms with Crippen LogP contribution in [-0.2, 0) is 19.4 Å². The van der Waals surface area contributed by atoms with Crippen LogP contribution in [0.1, 0.15) is 27.2 Å². The molecular weight excluding hydrogens is 324 g/mol. The molecule has 0 aromatic carbocycles. The zero-order valence-corrected chi connectivity index (χ0v) is 14.2. The molecule has 1 fully saturated rings. The monoisotopic (exact) mass is 346 g/mol. The average molecular weight is 346 g/mol. The predicted octanol–water partition coefficient (Wildman–Crippen LogP) is 0.351. The van der Waals surface area contributed by atoms with Gasteiger partial charge in [-0.3, -0.25) is 4.79 Å². The van der Waals surface area contributed by atoms with E-state index in [-0.39, 0.29) is 25.3 Å². The molecule has 0 bridgehead atoms. The lowest BCUT2D eigenvalue weighted by Crippen LogP contribution is -2.72. The van der Waals surface area contributed by atoms with Crippen molar-refractivity contribution in [1.82, 2.24) is 10.2 Å². The van der Waals surface area contributed by atoms with Gasteiger partial charge < -0.3 is 20.1 Å². The molecule has 2 rings (SSSR count). The number of carbonyl (C=O) groups is 2. The first-order valence-electron chi connectivity index (χ1n) is 7.28. The molecule has 1 saturated heterocycles. The lowest BCUT2D eigenvalue weighted by Gasteiger charge is -2.50. The summed E-state index contributed by atoms with van der Waals surface area (Å²) in [5, 5.41) is 13.3. The zero-order valence-electron chi connectivity index (χ0n) is 13.4. The third kappa shape index (κ3) is 4.68. The highest BCUT2D eigenvalue weighted by molar-refractivity contribution is 7.94. The van der Waals surface area contributed by atoms with Crippen LogP contribution in [0.3, 0.4) is 0 Å². The molecule has 1 amide bonds. The number of ether oxygens (including phenoxy) is 1. The number of hydrogen-bond acceptors (Lipinski definition) is 6. The minimum Gasteiger partial charge on any atom is -0.481 e. The second kappa shape index (κ2) is 5.79. The highest BCUT2D eigenvalue weighted by Gasteiger charge is 2.49. The van der Waals surface area contributed by atoms with Crippen molar-refractivity contribution in [3.05, 3.63) is 11.5 Å². The Hall–Kier alpha value is -1.61. The molecule has 0 aromatic heterocycles. The minimum atomic E-state index is -3.23.